The molecule has 0 radical (unpaired) electrons. The lowest BCUT2D eigenvalue weighted by Crippen LogP contribution is -2.21. The van der Waals surface area contributed by atoms with Crippen LogP contribution in [0, 0.1) is 0 Å². The second kappa shape index (κ2) is 5.57. The van der Waals surface area contributed by atoms with Crippen molar-refractivity contribution >= 4 is 0 Å². The monoisotopic (exact) mass is 261 g/mol. The Hall–Kier alpha value is -1.62. The zero-order chi connectivity index (χ0) is 13.1. The van der Waals surface area contributed by atoms with Gasteiger partial charge in [0.05, 0.1) is 17.9 Å². The Morgan fingerprint density at radius 2 is 2.32 bits per heavy atom. The molecule has 1 aliphatic rings. The molecule has 3 heterocycles. The number of furan rings is 1. The van der Waals surface area contributed by atoms with E-state index in [9.17, 15) is 0 Å². The zero-order valence-electron chi connectivity index (χ0n) is 11.2. The maximum Gasteiger partial charge on any atom is 0.261 e. The van der Waals surface area contributed by atoms with Gasteiger partial charge in [-0.25, -0.2) is 0 Å². The Bertz CT molecular complexity index is 524. The molecule has 0 aliphatic carbocycles. The van der Waals surface area contributed by atoms with Crippen molar-refractivity contribution in [2.75, 3.05) is 6.54 Å². The Morgan fingerprint density at radius 3 is 3.21 bits per heavy atom. The van der Waals surface area contributed by atoms with E-state index in [4.69, 9.17) is 8.94 Å². The lowest BCUT2D eigenvalue weighted by atomic mass is 10.1. The quantitative estimate of drug-likeness (QED) is 0.919. The highest BCUT2D eigenvalue weighted by molar-refractivity contribution is 5.55. The molecule has 19 heavy (non-hydrogen) atoms. The molecule has 0 spiro atoms. The third-order valence-corrected chi connectivity index (χ3v) is 3.61. The van der Waals surface area contributed by atoms with E-state index in [1.807, 2.05) is 13.0 Å². The minimum atomic E-state index is 0.219. The fourth-order valence-electron chi connectivity index (χ4n) is 2.54. The molecule has 0 saturated carbocycles. The van der Waals surface area contributed by atoms with Gasteiger partial charge in [0.2, 0.25) is 0 Å². The minimum Gasteiger partial charge on any atom is -0.469 e. The molecule has 1 fully saturated rings. The molecule has 1 N–H and O–H groups in total. The average Bonchev–Trinajstić information content (AvgIpc) is 3.01. The number of hydrogen-bond acceptors (Lipinski definition) is 5. The summed E-state index contributed by atoms with van der Waals surface area (Å²) in [5, 5.41) is 7.60. The van der Waals surface area contributed by atoms with Gasteiger partial charge in [-0.1, -0.05) is 24.9 Å². The van der Waals surface area contributed by atoms with Crippen LogP contribution in [0.25, 0.3) is 11.5 Å². The predicted molar refractivity (Wildman–Crippen MR) is 70.6 cm³/mol. The van der Waals surface area contributed by atoms with Crippen LogP contribution in [0.3, 0.4) is 0 Å². The number of rotatable bonds is 3. The molecule has 102 valence electrons. The number of aromatic nitrogens is 2. The van der Waals surface area contributed by atoms with Crippen molar-refractivity contribution in [3.05, 3.63) is 23.9 Å². The van der Waals surface area contributed by atoms with E-state index < -0.39 is 0 Å². The van der Waals surface area contributed by atoms with Crippen LogP contribution < -0.4 is 5.32 Å². The minimum absolute atomic E-state index is 0.219. The van der Waals surface area contributed by atoms with Crippen molar-refractivity contribution in [3.63, 3.8) is 0 Å². The molecule has 3 rings (SSSR count). The van der Waals surface area contributed by atoms with Crippen LogP contribution in [0.2, 0.25) is 0 Å². The van der Waals surface area contributed by atoms with Crippen LogP contribution >= 0.6 is 0 Å². The molecule has 0 aromatic carbocycles. The summed E-state index contributed by atoms with van der Waals surface area (Å²) < 4.78 is 10.8. The fourth-order valence-corrected chi connectivity index (χ4v) is 2.54. The van der Waals surface area contributed by atoms with E-state index in [0.29, 0.717) is 5.89 Å². The van der Waals surface area contributed by atoms with Crippen LogP contribution in [0.4, 0.5) is 0 Å². The van der Waals surface area contributed by atoms with Crippen LogP contribution in [-0.2, 0) is 6.42 Å². The number of hydrogen-bond donors (Lipinski definition) is 1. The molecule has 5 nitrogen and oxygen atoms in total. The molecule has 1 unspecified atom stereocenters. The summed E-state index contributed by atoms with van der Waals surface area (Å²) in [7, 11) is 0. The Labute approximate surface area is 112 Å². The second-order valence-corrected chi connectivity index (χ2v) is 4.92. The highest BCUT2D eigenvalue weighted by Crippen LogP contribution is 2.26. The van der Waals surface area contributed by atoms with E-state index >= 15 is 0 Å². The summed E-state index contributed by atoms with van der Waals surface area (Å²) in [6.45, 7) is 3.08. The van der Waals surface area contributed by atoms with E-state index in [1.165, 1.54) is 19.3 Å². The summed E-state index contributed by atoms with van der Waals surface area (Å²) in [5.74, 6) is 2.22. The van der Waals surface area contributed by atoms with E-state index in [-0.39, 0.29) is 6.04 Å². The first-order valence-electron chi connectivity index (χ1n) is 7.02. The van der Waals surface area contributed by atoms with Gasteiger partial charge in [-0.05, 0) is 25.5 Å². The van der Waals surface area contributed by atoms with Gasteiger partial charge >= 0.3 is 0 Å². The molecule has 1 aliphatic heterocycles. The standard InChI is InChI=1S/C14H19N3O2/c1-2-12-10(7-9-18-12)14-16-13(17-19-14)11-6-4-3-5-8-15-11/h7,9,11,15H,2-6,8H2,1H3. The lowest BCUT2D eigenvalue weighted by Gasteiger charge is -2.09. The zero-order valence-corrected chi connectivity index (χ0v) is 11.2. The summed E-state index contributed by atoms with van der Waals surface area (Å²) in [6.07, 6.45) is 7.28. The van der Waals surface area contributed by atoms with Gasteiger partial charge in [-0.3, -0.25) is 0 Å². The van der Waals surface area contributed by atoms with Crippen molar-refractivity contribution in [3.8, 4) is 11.5 Å². The molecule has 1 saturated heterocycles. The van der Waals surface area contributed by atoms with Gasteiger partial charge < -0.3 is 14.3 Å². The topological polar surface area (TPSA) is 64.1 Å². The normalized spacial score (nSPS) is 20.4. The van der Waals surface area contributed by atoms with Gasteiger partial charge in [0.1, 0.15) is 5.76 Å². The summed E-state index contributed by atoms with van der Waals surface area (Å²) >= 11 is 0. The summed E-state index contributed by atoms with van der Waals surface area (Å²) in [6, 6.07) is 2.10. The van der Waals surface area contributed by atoms with Gasteiger partial charge in [-0.2, -0.15) is 4.98 Å². The van der Waals surface area contributed by atoms with Crippen LogP contribution in [-0.4, -0.2) is 16.7 Å². The first-order valence-corrected chi connectivity index (χ1v) is 7.02. The van der Waals surface area contributed by atoms with Gasteiger partial charge in [0.15, 0.2) is 5.82 Å². The van der Waals surface area contributed by atoms with Crippen molar-refractivity contribution in [1.29, 1.82) is 0 Å². The van der Waals surface area contributed by atoms with Crippen LogP contribution in [0.1, 0.15) is 50.2 Å². The first kappa shape index (κ1) is 12.4. The Kier molecular flexibility index (Phi) is 3.64. The van der Waals surface area contributed by atoms with Crippen molar-refractivity contribution in [2.24, 2.45) is 0 Å². The predicted octanol–water partition coefficient (Wildman–Crippen LogP) is 3.10. The van der Waals surface area contributed by atoms with Gasteiger partial charge in [-0.15, -0.1) is 0 Å². The Balaban J connectivity index is 1.82. The summed E-state index contributed by atoms with van der Waals surface area (Å²) in [5.41, 5.74) is 0.912. The van der Waals surface area contributed by atoms with E-state index in [2.05, 4.69) is 15.5 Å². The third kappa shape index (κ3) is 2.56. The van der Waals surface area contributed by atoms with Crippen molar-refractivity contribution in [2.45, 2.75) is 45.1 Å². The lowest BCUT2D eigenvalue weighted by molar-refractivity contribution is 0.401. The molecule has 5 heteroatoms. The van der Waals surface area contributed by atoms with E-state index in [1.54, 1.807) is 6.26 Å². The van der Waals surface area contributed by atoms with E-state index in [0.717, 1.165) is 36.5 Å². The third-order valence-electron chi connectivity index (χ3n) is 3.61. The molecule has 2 aromatic rings. The number of aryl methyl sites for hydroxylation is 1. The maximum atomic E-state index is 5.40. The Morgan fingerprint density at radius 1 is 1.37 bits per heavy atom. The van der Waals surface area contributed by atoms with Gasteiger partial charge in [0, 0.05) is 6.42 Å². The highest BCUT2D eigenvalue weighted by atomic mass is 16.5. The second-order valence-electron chi connectivity index (χ2n) is 4.92. The molecule has 0 amide bonds. The highest BCUT2D eigenvalue weighted by Gasteiger charge is 2.21. The number of nitrogens with one attached hydrogen (secondary N) is 1. The largest absolute Gasteiger partial charge is 0.469 e. The number of nitrogens with zero attached hydrogens (tertiary/aromatic N) is 2. The SMILES string of the molecule is CCc1occc1-c1nc(C2CCCCCN2)no1. The molecule has 2 aromatic heterocycles. The molecule has 1 atom stereocenters. The fraction of sp³-hybridized carbons (Fsp3) is 0.571. The van der Waals surface area contributed by atoms with Crippen LogP contribution in [0.15, 0.2) is 21.3 Å². The molecule has 0 bridgehead atoms. The van der Waals surface area contributed by atoms with Crippen LogP contribution in [0.5, 0.6) is 0 Å². The summed E-state index contributed by atoms with van der Waals surface area (Å²) in [4.78, 5) is 4.53. The molecular weight excluding hydrogens is 242 g/mol. The van der Waals surface area contributed by atoms with Crippen molar-refractivity contribution in [1.82, 2.24) is 15.5 Å². The smallest absolute Gasteiger partial charge is 0.261 e. The molecular formula is C14H19N3O2. The maximum absolute atomic E-state index is 5.40. The van der Waals surface area contributed by atoms with Gasteiger partial charge in [0.25, 0.3) is 5.89 Å². The first-order chi connectivity index (χ1) is 9.38. The van der Waals surface area contributed by atoms with Crippen molar-refractivity contribution < 1.29 is 8.94 Å². The average molecular weight is 261 g/mol.